The van der Waals surface area contributed by atoms with Gasteiger partial charge in [-0.2, -0.15) is 0 Å². The molecule has 0 aromatic carbocycles. The first-order chi connectivity index (χ1) is 10.7. The first kappa shape index (κ1) is 13.8. The molecule has 2 saturated carbocycles. The number of nitrogens with zero attached hydrogens (tertiary/aromatic N) is 1. The van der Waals surface area contributed by atoms with E-state index in [0.717, 1.165) is 19.6 Å². The summed E-state index contributed by atoms with van der Waals surface area (Å²) in [7, 11) is 1.45. The van der Waals surface area contributed by atoms with Gasteiger partial charge in [0, 0.05) is 18.3 Å². The summed E-state index contributed by atoms with van der Waals surface area (Å²) in [6, 6.07) is 1.69. The van der Waals surface area contributed by atoms with Crippen LogP contribution in [0.3, 0.4) is 0 Å². The number of amides is 1. The van der Waals surface area contributed by atoms with Gasteiger partial charge < -0.3 is 19.9 Å². The van der Waals surface area contributed by atoms with Crippen LogP contribution in [0.5, 0.6) is 11.5 Å². The number of methoxy groups -OCH3 is 1. The van der Waals surface area contributed by atoms with Crippen LogP contribution < -0.4 is 10.1 Å². The average molecular weight is 304 g/mol. The zero-order valence-electron chi connectivity index (χ0n) is 12.5. The minimum Gasteiger partial charge on any atom is -0.503 e. The lowest BCUT2D eigenvalue weighted by Gasteiger charge is -2.30. The van der Waals surface area contributed by atoms with Gasteiger partial charge in [0.25, 0.3) is 5.91 Å². The van der Waals surface area contributed by atoms with E-state index in [1.165, 1.54) is 25.8 Å². The molecule has 3 fully saturated rings. The molecule has 1 aromatic heterocycles. The van der Waals surface area contributed by atoms with Crippen molar-refractivity contribution < 1.29 is 19.4 Å². The average Bonchev–Trinajstić information content (AvgIpc) is 3.19. The third-order valence-corrected chi connectivity index (χ3v) is 5.61. The zero-order chi connectivity index (χ0) is 15.3. The molecule has 22 heavy (non-hydrogen) atoms. The fourth-order valence-electron chi connectivity index (χ4n) is 4.62. The summed E-state index contributed by atoms with van der Waals surface area (Å²) in [6.45, 7) is 1.70. The molecule has 6 nitrogen and oxygen atoms in total. The van der Waals surface area contributed by atoms with Gasteiger partial charge in [-0.05, 0) is 36.5 Å². The summed E-state index contributed by atoms with van der Waals surface area (Å²) >= 11 is 0. The van der Waals surface area contributed by atoms with Crippen molar-refractivity contribution in [1.29, 1.82) is 0 Å². The molecule has 4 rings (SSSR count). The predicted octanol–water partition coefficient (Wildman–Crippen LogP) is 1.20. The lowest BCUT2D eigenvalue weighted by Crippen LogP contribution is -2.43. The first-order valence-electron chi connectivity index (χ1n) is 7.79. The molecule has 3 aliphatic rings. The van der Waals surface area contributed by atoms with Crippen molar-refractivity contribution in [2.45, 2.75) is 18.9 Å². The summed E-state index contributed by atoms with van der Waals surface area (Å²) in [4.78, 5) is 16.4. The molecule has 0 spiro atoms. The second-order valence-corrected chi connectivity index (χ2v) is 6.55. The Bertz CT molecular complexity index is 606. The highest BCUT2D eigenvalue weighted by molar-refractivity contribution is 5.95. The lowest BCUT2D eigenvalue weighted by atomic mass is 9.79. The van der Waals surface area contributed by atoms with Crippen LogP contribution in [0.2, 0.25) is 0 Å². The molecule has 2 bridgehead atoms. The van der Waals surface area contributed by atoms with E-state index >= 15 is 0 Å². The van der Waals surface area contributed by atoms with Crippen LogP contribution in [0.15, 0.2) is 12.3 Å². The van der Waals surface area contributed by atoms with Crippen molar-refractivity contribution in [2.24, 2.45) is 23.7 Å². The van der Waals surface area contributed by atoms with E-state index in [2.05, 4.69) is 10.3 Å². The minimum absolute atomic E-state index is 0.0290. The Hall–Kier alpha value is -1.82. The number of fused-ring (bicyclic) bond motifs is 5. The van der Waals surface area contributed by atoms with Crippen LogP contribution >= 0.6 is 0 Å². The van der Waals surface area contributed by atoms with Crippen molar-refractivity contribution in [1.82, 2.24) is 10.3 Å². The second-order valence-electron chi connectivity index (χ2n) is 6.55. The van der Waals surface area contributed by atoms with E-state index in [1.54, 1.807) is 0 Å². The highest BCUT2D eigenvalue weighted by Crippen LogP contribution is 2.54. The molecular formula is C16H20N2O4. The molecule has 2 aliphatic carbocycles. The Morgan fingerprint density at radius 1 is 1.36 bits per heavy atom. The van der Waals surface area contributed by atoms with Gasteiger partial charge in [0.05, 0.1) is 20.3 Å². The van der Waals surface area contributed by atoms with Gasteiger partial charge in [0.1, 0.15) is 0 Å². The number of carbonyl (C=O) groups is 1. The molecule has 2 N–H and O–H groups in total. The number of hydrogen-bond donors (Lipinski definition) is 2. The van der Waals surface area contributed by atoms with E-state index in [9.17, 15) is 9.90 Å². The summed E-state index contributed by atoms with van der Waals surface area (Å²) in [5.74, 6) is 2.15. The van der Waals surface area contributed by atoms with Gasteiger partial charge in [-0.1, -0.05) is 0 Å². The topological polar surface area (TPSA) is 80.7 Å². The molecule has 0 radical (unpaired) electrons. The van der Waals surface area contributed by atoms with E-state index in [-0.39, 0.29) is 29.1 Å². The van der Waals surface area contributed by atoms with Gasteiger partial charge in [0.2, 0.25) is 0 Å². The van der Waals surface area contributed by atoms with Gasteiger partial charge in [0.15, 0.2) is 17.2 Å². The Morgan fingerprint density at radius 3 is 3.00 bits per heavy atom. The maximum atomic E-state index is 12.4. The van der Waals surface area contributed by atoms with Crippen molar-refractivity contribution in [2.75, 3.05) is 20.3 Å². The van der Waals surface area contributed by atoms with E-state index in [1.807, 2.05) is 0 Å². The summed E-state index contributed by atoms with van der Waals surface area (Å²) in [6.07, 6.45) is 3.65. The van der Waals surface area contributed by atoms with Crippen molar-refractivity contribution in [3.8, 4) is 11.5 Å². The summed E-state index contributed by atoms with van der Waals surface area (Å²) in [5, 5.41) is 13.1. The highest BCUT2D eigenvalue weighted by atomic mass is 16.5. The summed E-state index contributed by atoms with van der Waals surface area (Å²) < 4.78 is 10.6. The van der Waals surface area contributed by atoms with Crippen molar-refractivity contribution in [3.63, 3.8) is 0 Å². The molecule has 118 valence electrons. The molecule has 1 saturated heterocycles. The monoisotopic (exact) mass is 304 g/mol. The van der Waals surface area contributed by atoms with Crippen molar-refractivity contribution >= 4 is 5.91 Å². The SMILES string of the molecule is COc1ccnc(C(=O)N[C@@H]2CC3CC2[C@H]2COC[C@@H]32)c1O. The second kappa shape index (κ2) is 5.12. The predicted molar refractivity (Wildman–Crippen MR) is 77.7 cm³/mol. The summed E-state index contributed by atoms with van der Waals surface area (Å²) in [5.41, 5.74) is 0.0290. The number of ether oxygens (including phenoxy) is 2. The van der Waals surface area contributed by atoms with E-state index < -0.39 is 0 Å². The number of aromatic hydroxyl groups is 1. The lowest BCUT2D eigenvalue weighted by molar-refractivity contribution is 0.0894. The van der Waals surface area contributed by atoms with E-state index in [0.29, 0.717) is 23.7 Å². The first-order valence-corrected chi connectivity index (χ1v) is 7.79. The molecule has 2 heterocycles. The number of rotatable bonds is 3. The third kappa shape index (κ3) is 1.97. The smallest absolute Gasteiger partial charge is 0.274 e. The standard InChI is InChI=1S/C16H20N2O4/c1-21-13-2-3-17-14(15(13)19)16(20)18-12-5-8-4-9(12)11-7-22-6-10(8)11/h2-3,8-12,19H,4-7H2,1H3,(H,18,20)/t8?,9?,10-,11+,12+/m0/s1. The minimum atomic E-state index is -0.329. The maximum absolute atomic E-state index is 12.4. The van der Waals surface area contributed by atoms with E-state index in [4.69, 9.17) is 9.47 Å². The van der Waals surface area contributed by atoms with Crippen LogP contribution in [0.1, 0.15) is 23.3 Å². The molecule has 2 unspecified atom stereocenters. The number of pyridine rings is 1. The van der Waals surface area contributed by atoms with Gasteiger partial charge in [-0.25, -0.2) is 4.98 Å². The Labute approximate surface area is 128 Å². The van der Waals surface area contributed by atoms with Crippen LogP contribution in [0.25, 0.3) is 0 Å². The van der Waals surface area contributed by atoms with Gasteiger partial charge in [-0.15, -0.1) is 0 Å². The Balaban J connectivity index is 1.49. The molecule has 6 heteroatoms. The Kier molecular flexibility index (Phi) is 3.22. The Morgan fingerprint density at radius 2 is 2.18 bits per heavy atom. The number of nitrogens with one attached hydrogen (secondary N) is 1. The van der Waals surface area contributed by atoms with Gasteiger partial charge in [-0.3, -0.25) is 4.79 Å². The normalized spacial score (nSPS) is 35.4. The van der Waals surface area contributed by atoms with Gasteiger partial charge >= 0.3 is 0 Å². The zero-order valence-corrected chi connectivity index (χ0v) is 12.5. The highest BCUT2D eigenvalue weighted by Gasteiger charge is 2.55. The molecule has 1 aromatic rings. The quantitative estimate of drug-likeness (QED) is 0.877. The third-order valence-electron chi connectivity index (χ3n) is 5.61. The molecule has 5 atom stereocenters. The molecule has 1 aliphatic heterocycles. The molecule has 1 amide bonds. The van der Waals surface area contributed by atoms with Crippen LogP contribution in [-0.4, -0.2) is 42.4 Å². The number of aromatic nitrogens is 1. The fraction of sp³-hybridized carbons (Fsp3) is 0.625. The molecular weight excluding hydrogens is 284 g/mol. The van der Waals surface area contributed by atoms with Crippen LogP contribution in [-0.2, 0) is 4.74 Å². The fourth-order valence-corrected chi connectivity index (χ4v) is 4.62. The van der Waals surface area contributed by atoms with Crippen LogP contribution in [0, 0.1) is 23.7 Å². The number of carbonyl (C=O) groups excluding carboxylic acids is 1. The number of hydrogen-bond acceptors (Lipinski definition) is 5. The van der Waals surface area contributed by atoms with Crippen molar-refractivity contribution in [3.05, 3.63) is 18.0 Å². The largest absolute Gasteiger partial charge is 0.503 e. The maximum Gasteiger partial charge on any atom is 0.274 e. The van der Waals surface area contributed by atoms with Crippen LogP contribution in [0.4, 0.5) is 0 Å².